The lowest BCUT2D eigenvalue weighted by molar-refractivity contribution is -0.124. The number of rotatable bonds is 5. The van der Waals surface area contributed by atoms with E-state index in [-0.39, 0.29) is 12.4 Å². The lowest BCUT2D eigenvalue weighted by Gasteiger charge is -2.27. The van der Waals surface area contributed by atoms with Crippen molar-refractivity contribution in [3.05, 3.63) is 66.6 Å². The average Bonchev–Trinajstić information content (AvgIpc) is 3.29. The number of aromatic hydroxyl groups is 1. The number of fused-ring (bicyclic) bond motifs is 1. The molecule has 3 amide bonds. The molecule has 0 radical (unpaired) electrons. The van der Waals surface area contributed by atoms with Gasteiger partial charge in [0.05, 0.1) is 31.7 Å². The molecule has 5 N–H and O–H groups in total. The molecule has 2 aromatic carbocycles. The zero-order chi connectivity index (χ0) is 23.2. The van der Waals surface area contributed by atoms with Gasteiger partial charge < -0.3 is 25.5 Å². The van der Waals surface area contributed by atoms with Crippen LogP contribution >= 0.6 is 0 Å². The maximum absolute atomic E-state index is 13.0. The van der Waals surface area contributed by atoms with E-state index in [0.717, 1.165) is 10.9 Å². The van der Waals surface area contributed by atoms with E-state index >= 15 is 0 Å². The van der Waals surface area contributed by atoms with Gasteiger partial charge in [0, 0.05) is 22.5 Å². The number of nitrogens with one attached hydrogen (secondary N) is 2. The number of ether oxygens (including phenoxy) is 1. The molecule has 10 heteroatoms. The fourth-order valence-corrected chi connectivity index (χ4v) is 4.04. The van der Waals surface area contributed by atoms with Crippen LogP contribution in [0.4, 0.5) is 10.6 Å². The smallest absolute Gasteiger partial charge is 0.322 e. The number of methoxy groups -OCH3 is 1. The molecule has 2 aromatic heterocycles. The Morgan fingerprint density at radius 2 is 1.91 bits per heavy atom. The van der Waals surface area contributed by atoms with Gasteiger partial charge in [-0.15, -0.1) is 0 Å². The topological polar surface area (TPSA) is 144 Å². The molecule has 0 aliphatic carbocycles. The van der Waals surface area contributed by atoms with Gasteiger partial charge in [-0.25, -0.2) is 9.78 Å². The van der Waals surface area contributed by atoms with E-state index in [2.05, 4.69) is 20.6 Å². The molecule has 1 aliphatic rings. The third kappa shape index (κ3) is 3.37. The number of hydrogen-bond donors (Lipinski definition) is 4. The Kier molecular flexibility index (Phi) is 4.63. The average molecular weight is 444 g/mol. The van der Waals surface area contributed by atoms with E-state index in [1.165, 1.54) is 10.8 Å². The second-order valence-electron chi connectivity index (χ2n) is 7.75. The van der Waals surface area contributed by atoms with Gasteiger partial charge >= 0.3 is 6.03 Å². The maximum Gasteiger partial charge on any atom is 0.322 e. The fraction of sp³-hybridized carbons (Fsp3) is 0.130. The minimum absolute atomic E-state index is 0.0194. The Labute approximate surface area is 188 Å². The molecule has 0 spiro atoms. The first-order chi connectivity index (χ1) is 15.9. The molecule has 0 saturated carbocycles. The van der Waals surface area contributed by atoms with Crippen LogP contribution in [0.3, 0.4) is 0 Å². The number of carbonyl (C=O) groups excluding carboxylic acids is 2. The SMILES string of the molecule is COc1ccc2cn(C[C@]3(c4ccc(-c5cnc(N)cn5)cc4)NC(=O)NC3=O)c(O)c2c1. The summed E-state index contributed by atoms with van der Waals surface area (Å²) in [7, 11) is 1.54. The minimum atomic E-state index is -1.42. The summed E-state index contributed by atoms with van der Waals surface area (Å²) in [4.78, 5) is 33.4. The van der Waals surface area contributed by atoms with Crippen molar-refractivity contribution in [2.24, 2.45) is 0 Å². The molecular weight excluding hydrogens is 424 g/mol. The van der Waals surface area contributed by atoms with Crippen molar-refractivity contribution in [3.8, 4) is 22.9 Å². The Hall–Kier alpha value is -4.60. The number of imide groups is 1. The van der Waals surface area contributed by atoms with Crippen LogP contribution in [0, 0.1) is 0 Å². The van der Waals surface area contributed by atoms with E-state index in [4.69, 9.17) is 10.5 Å². The third-order valence-corrected chi connectivity index (χ3v) is 5.76. The van der Waals surface area contributed by atoms with Gasteiger partial charge in [-0.1, -0.05) is 24.3 Å². The Bertz CT molecular complexity index is 1380. The monoisotopic (exact) mass is 444 g/mol. The number of aromatic nitrogens is 3. The molecule has 1 saturated heterocycles. The largest absolute Gasteiger partial charge is 0.497 e. The van der Waals surface area contributed by atoms with Crippen molar-refractivity contribution in [2.75, 3.05) is 12.8 Å². The van der Waals surface area contributed by atoms with E-state index < -0.39 is 17.5 Å². The number of benzene rings is 2. The zero-order valence-corrected chi connectivity index (χ0v) is 17.6. The summed E-state index contributed by atoms with van der Waals surface area (Å²) < 4.78 is 6.77. The van der Waals surface area contributed by atoms with Crippen LogP contribution in [0.1, 0.15) is 5.56 Å². The van der Waals surface area contributed by atoms with Gasteiger partial charge in [0.1, 0.15) is 11.6 Å². The van der Waals surface area contributed by atoms with Crippen LogP contribution in [-0.2, 0) is 16.9 Å². The third-order valence-electron chi connectivity index (χ3n) is 5.76. The molecule has 4 aromatic rings. The minimum Gasteiger partial charge on any atom is -0.497 e. The first-order valence-electron chi connectivity index (χ1n) is 10.1. The summed E-state index contributed by atoms with van der Waals surface area (Å²) in [5.74, 6) is 0.364. The van der Waals surface area contributed by atoms with Crippen molar-refractivity contribution in [2.45, 2.75) is 12.1 Å². The van der Waals surface area contributed by atoms with Crippen molar-refractivity contribution in [1.29, 1.82) is 0 Å². The molecule has 1 aliphatic heterocycles. The quantitative estimate of drug-likeness (QED) is 0.345. The highest BCUT2D eigenvalue weighted by molar-refractivity contribution is 6.07. The van der Waals surface area contributed by atoms with Crippen LogP contribution in [-0.4, -0.2) is 38.7 Å². The van der Waals surface area contributed by atoms with Gasteiger partial charge in [-0.2, -0.15) is 0 Å². The molecule has 5 rings (SSSR count). The summed E-state index contributed by atoms with van der Waals surface area (Å²) in [6, 6.07) is 11.7. The van der Waals surface area contributed by atoms with E-state index in [1.54, 1.807) is 55.9 Å². The number of nitrogens with two attached hydrogens (primary N) is 1. The van der Waals surface area contributed by atoms with Crippen LogP contribution < -0.4 is 21.1 Å². The van der Waals surface area contributed by atoms with Gasteiger partial charge in [0.15, 0.2) is 11.4 Å². The van der Waals surface area contributed by atoms with Gasteiger partial charge in [0.25, 0.3) is 5.91 Å². The molecule has 0 bridgehead atoms. The van der Waals surface area contributed by atoms with Crippen molar-refractivity contribution >= 4 is 28.5 Å². The Morgan fingerprint density at radius 1 is 1.12 bits per heavy atom. The van der Waals surface area contributed by atoms with Crippen LogP contribution in [0.2, 0.25) is 0 Å². The molecule has 3 heterocycles. The molecule has 166 valence electrons. The van der Waals surface area contributed by atoms with E-state index in [1.807, 2.05) is 6.07 Å². The number of anilines is 1. The van der Waals surface area contributed by atoms with Crippen molar-refractivity contribution < 1.29 is 19.4 Å². The highest BCUT2D eigenvalue weighted by Gasteiger charge is 2.48. The first kappa shape index (κ1) is 20.3. The number of hydrogen-bond acceptors (Lipinski definition) is 7. The van der Waals surface area contributed by atoms with Gasteiger partial charge in [-0.3, -0.25) is 15.1 Å². The molecule has 0 unspecified atom stereocenters. The predicted octanol–water partition coefficient (Wildman–Crippen LogP) is 2.13. The second kappa shape index (κ2) is 7.52. The number of urea groups is 1. The van der Waals surface area contributed by atoms with Crippen LogP contribution in [0.5, 0.6) is 11.6 Å². The fourth-order valence-electron chi connectivity index (χ4n) is 4.04. The molecule has 10 nitrogen and oxygen atoms in total. The summed E-state index contributed by atoms with van der Waals surface area (Å²) >= 11 is 0. The van der Waals surface area contributed by atoms with E-state index in [0.29, 0.717) is 28.2 Å². The zero-order valence-electron chi connectivity index (χ0n) is 17.6. The second-order valence-corrected chi connectivity index (χ2v) is 7.75. The maximum atomic E-state index is 13.0. The lowest BCUT2D eigenvalue weighted by atomic mass is 9.89. The number of nitrogens with zero attached hydrogens (tertiary/aromatic N) is 3. The first-order valence-corrected chi connectivity index (χ1v) is 10.1. The summed E-state index contributed by atoms with van der Waals surface area (Å²) in [5.41, 5.74) is 6.12. The number of amides is 3. The summed E-state index contributed by atoms with van der Waals surface area (Å²) in [6.07, 6.45) is 4.74. The van der Waals surface area contributed by atoms with Crippen molar-refractivity contribution in [1.82, 2.24) is 25.2 Å². The van der Waals surface area contributed by atoms with Crippen molar-refractivity contribution in [3.63, 3.8) is 0 Å². The molecule has 33 heavy (non-hydrogen) atoms. The highest BCUT2D eigenvalue weighted by Crippen LogP contribution is 2.35. The van der Waals surface area contributed by atoms with E-state index in [9.17, 15) is 14.7 Å². The predicted molar refractivity (Wildman–Crippen MR) is 120 cm³/mol. The number of nitrogen functional groups attached to an aromatic ring is 1. The van der Waals surface area contributed by atoms with Gasteiger partial charge in [-0.05, 0) is 23.8 Å². The highest BCUT2D eigenvalue weighted by atomic mass is 16.5. The lowest BCUT2D eigenvalue weighted by Crippen LogP contribution is -2.47. The Balaban J connectivity index is 1.55. The molecule has 1 atom stereocenters. The summed E-state index contributed by atoms with van der Waals surface area (Å²) in [5, 5.41) is 17.2. The van der Waals surface area contributed by atoms with Gasteiger partial charge in [0.2, 0.25) is 0 Å². The molecule has 1 fully saturated rings. The molecular formula is C23H20N6O4. The van der Waals surface area contributed by atoms with Crippen LogP contribution in [0.15, 0.2) is 61.1 Å². The van der Waals surface area contributed by atoms with Crippen LogP contribution in [0.25, 0.3) is 22.0 Å². The standard InChI is InChI=1S/C23H20N6O4/c1-33-16-7-4-14-11-29(20(30)17(14)8-16)12-23(21(31)27-22(32)28-23)15-5-2-13(3-6-15)18-9-26-19(24)10-25-18/h2-11,30H,12H2,1H3,(H2,24,26)(H2,27,28,31,32)/t23-/m1/s1. The summed E-state index contributed by atoms with van der Waals surface area (Å²) in [6.45, 7) is -0.0194. The Morgan fingerprint density at radius 3 is 2.55 bits per heavy atom. The normalized spacial score (nSPS) is 17.7. The number of carbonyl (C=O) groups is 2.